The highest BCUT2D eigenvalue weighted by Crippen LogP contribution is 2.35. The maximum atomic E-state index is 13.7. The predicted molar refractivity (Wildman–Crippen MR) is 106 cm³/mol. The number of hydrogen-bond acceptors (Lipinski definition) is 9. The summed E-state index contributed by atoms with van der Waals surface area (Å²) in [7, 11) is 0. The molecule has 160 valence electrons. The van der Waals surface area contributed by atoms with Gasteiger partial charge in [0.05, 0.1) is 38.0 Å². The molecule has 3 aliphatic rings. The van der Waals surface area contributed by atoms with E-state index in [0.29, 0.717) is 44.8 Å². The van der Waals surface area contributed by atoms with Gasteiger partial charge in [-0.05, 0) is 19.4 Å². The number of fused-ring (bicyclic) bond motifs is 2. The number of nitrogens with zero attached hydrogens (tertiary/aromatic N) is 6. The Balaban J connectivity index is 1.62. The Kier molecular flexibility index (Phi) is 4.86. The summed E-state index contributed by atoms with van der Waals surface area (Å²) in [6, 6.07) is 1.41. The Labute approximate surface area is 172 Å². The van der Waals surface area contributed by atoms with Crippen LogP contribution in [0.3, 0.4) is 0 Å². The minimum atomic E-state index is -2.73. The minimum absolute atomic E-state index is 0.0272. The molecular formula is C19H23F2N7O2. The lowest BCUT2D eigenvalue weighted by Gasteiger charge is -2.34. The number of halogens is 2. The van der Waals surface area contributed by atoms with Crippen molar-refractivity contribution in [1.29, 1.82) is 0 Å². The lowest BCUT2D eigenvalue weighted by atomic mass is 10.1. The molecule has 3 fully saturated rings. The van der Waals surface area contributed by atoms with Crippen molar-refractivity contribution >= 4 is 17.7 Å². The number of rotatable bonds is 4. The summed E-state index contributed by atoms with van der Waals surface area (Å²) in [6.45, 7) is 5.01. The molecule has 0 spiro atoms. The summed E-state index contributed by atoms with van der Waals surface area (Å²) in [5.41, 5.74) is 5.55. The van der Waals surface area contributed by atoms with E-state index in [-0.39, 0.29) is 41.0 Å². The second-order valence-corrected chi connectivity index (χ2v) is 7.87. The average Bonchev–Trinajstić information content (AvgIpc) is 3.37. The zero-order valence-corrected chi connectivity index (χ0v) is 16.5. The van der Waals surface area contributed by atoms with Gasteiger partial charge in [-0.2, -0.15) is 15.0 Å². The number of nitrogens with two attached hydrogens (primary N) is 1. The van der Waals surface area contributed by atoms with Crippen LogP contribution in [-0.4, -0.2) is 71.0 Å². The van der Waals surface area contributed by atoms with E-state index in [1.807, 2.05) is 11.8 Å². The van der Waals surface area contributed by atoms with Gasteiger partial charge in [0.25, 0.3) is 6.43 Å². The molecule has 0 aromatic carbocycles. The molecule has 3 atom stereocenters. The Morgan fingerprint density at radius 2 is 1.97 bits per heavy atom. The van der Waals surface area contributed by atoms with Gasteiger partial charge in [0.2, 0.25) is 11.9 Å². The van der Waals surface area contributed by atoms with Crippen molar-refractivity contribution in [2.24, 2.45) is 0 Å². The Bertz CT molecular complexity index is 927. The van der Waals surface area contributed by atoms with Crippen LogP contribution >= 0.6 is 0 Å². The summed E-state index contributed by atoms with van der Waals surface area (Å²) in [4.78, 5) is 22.0. The fourth-order valence-corrected chi connectivity index (χ4v) is 4.26. The van der Waals surface area contributed by atoms with Crippen molar-refractivity contribution < 1.29 is 18.3 Å². The molecule has 2 aromatic rings. The van der Waals surface area contributed by atoms with Gasteiger partial charge in [-0.15, -0.1) is 0 Å². The van der Waals surface area contributed by atoms with Crippen LogP contribution < -0.4 is 15.5 Å². The third-order valence-corrected chi connectivity index (χ3v) is 5.83. The largest absolute Gasteiger partial charge is 0.384 e. The summed E-state index contributed by atoms with van der Waals surface area (Å²) >= 11 is 0. The molecule has 30 heavy (non-hydrogen) atoms. The van der Waals surface area contributed by atoms with Crippen LogP contribution in [0.4, 0.5) is 26.5 Å². The van der Waals surface area contributed by atoms with Crippen LogP contribution in [0.15, 0.2) is 12.3 Å². The maximum Gasteiger partial charge on any atom is 0.264 e. The average molecular weight is 419 g/mol. The summed E-state index contributed by atoms with van der Waals surface area (Å²) in [5.74, 6) is 1.12. The maximum absolute atomic E-state index is 13.7. The molecule has 11 heteroatoms. The number of alkyl halides is 2. The van der Waals surface area contributed by atoms with Gasteiger partial charge in [-0.3, -0.25) is 0 Å². The van der Waals surface area contributed by atoms with Gasteiger partial charge in [-0.25, -0.2) is 13.8 Å². The van der Waals surface area contributed by atoms with E-state index in [1.54, 1.807) is 0 Å². The molecule has 0 saturated carbocycles. The molecule has 2 aromatic heterocycles. The smallest absolute Gasteiger partial charge is 0.264 e. The lowest BCUT2D eigenvalue weighted by Crippen LogP contribution is -2.45. The third kappa shape index (κ3) is 3.41. The summed E-state index contributed by atoms with van der Waals surface area (Å²) in [6.07, 6.45) is -0.360. The first-order valence-electron chi connectivity index (χ1n) is 10.0. The van der Waals surface area contributed by atoms with E-state index in [9.17, 15) is 8.78 Å². The monoisotopic (exact) mass is 419 g/mol. The van der Waals surface area contributed by atoms with Gasteiger partial charge in [0.15, 0.2) is 5.82 Å². The van der Waals surface area contributed by atoms with E-state index < -0.39 is 6.43 Å². The molecule has 2 bridgehead atoms. The van der Waals surface area contributed by atoms with Crippen molar-refractivity contribution in [2.75, 3.05) is 48.4 Å². The molecule has 5 rings (SSSR count). The highest BCUT2D eigenvalue weighted by atomic mass is 19.3. The van der Waals surface area contributed by atoms with Crippen molar-refractivity contribution in [1.82, 2.24) is 19.9 Å². The van der Waals surface area contributed by atoms with Crippen molar-refractivity contribution in [3.05, 3.63) is 17.8 Å². The fourth-order valence-electron chi connectivity index (χ4n) is 4.26. The first-order chi connectivity index (χ1) is 14.5. The zero-order chi connectivity index (χ0) is 20.8. The molecule has 3 saturated heterocycles. The van der Waals surface area contributed by atoms with Crippen LogP contribution in [-0.2, 0) is 9.47 Å². The first kappa shape index (κ1) is 19.3. The van der Waals surface area contributed by atoms with Crippen LogP contribution in [0, 0.1) is 0 Å². The summed E-state index contributed by atoms with van der Waals surface area (Å²) in [5, 5.41) is 0. The van der Waals surface area contributed by atoms with Gasteiger partial charge in [-0.1, -0.05) is 0 Å². The molecule has 0 amide bonds. The van der Waals surface area contributed by atoms with Crippen LogP contribution in [0.5, 0.6) is 0 Å². The number of nitrogen functional groups attached to an aromatic ring is 1. The third-order valence-electron chi connectivity index (χ3n) is 5.83. The van der Waals surface area contributed by atoms with Gasteiger partial charge < -0.3 is 25.0 Å². The van der Waals surface area contributed by atoms with Crippen LogP contribution in [0.2, 0.25) is 0 Å². The van der Waals surface area contributed by atoms with Crippen molar-refractivity contribution in [2.45, 2.75) is 38.0 Å². The van der Waals surface area contributed by atoms with Crippen molar-refractivity contribution in [3.63, 3.8) is 0 Å². The standard InChI is InChI=1S/C19H23F2N7O2/c1-10-8-29-3-2-27(10)18-24-17(14-6-23-15(22)5-13(14)16(20)21)25-19(26-18)28-7-12-4-11(28)9-30-12/h5-6,10-12,16H,2-4,7-9H2,1H3,(H2,22,23)/t10-,11+,12+/m1/s1. The summed E-state index contributed by atoms with van der Waals surface area (Å²) < 4.78 is 38.7. The topological polar surface area (TPSA) is 103 Å². The normalized spacial score (nSPS) is 26.1. The number of anilines is 3. The van der Waals surface area contributed by atoms with Crippen LogP contribution in [0.1, 0.15) is 25.3 Å². The fraction of sp³-hybridized carbons (Fsp3) is 0.579. The number of morpholine rings is 2. The molecule has 5 heterocycles. The second-order valence-electron chi connectivity index (χ2n) is 7.87. The lowest BCUT2D eigenvalue weighted by molar-refractivity contribution is 0.0974. The first-order valence-corrected chi connectivity index (χ1v) is 10.0. The number of aromatic nitrogens is 4. The minimum Gasteiger partial charge on any atom is -0.384 e. The zero-order valence-electron chi connectivity index (χ0n) is 16.5. The highest BCUT2D eigenvalue weighted by molar-refractivity contribution is 5.64. The van der Waals surface area contributed by atoms with E-state index in [4.69, 9.17) is 20.2 Å². The number of pyridine rings is 1. The molecule has 0 radical (unpaired) electrons. The van der Waals surface area contributed by atoms with Gasteiger partial charge in [0, 0.05) is 30.4 Å². The van der Waals surface area contributed by atoms with Gasteiger partial charge >= 0.3 is 0 Å². The van der Waals surface area contributed by atoms with E-state index >= 15 is 0 Å². The van der Waals surface area contributed by atoms with Gasteiger partial charge in [0.1, 0.15) is 5.82 Å². The van der Waals surface area contributed by atoms with E-state index in [1.165, 1.54) is 12.3 Å². The Hall–Kier alpha value is -2.66. The van der Waals surface area contributed by atoms with Crippen LogP contribution in [0.25, 0.3) is 11.4 Å². The predicted octanol–water partition coefficient (Wildman–Crippen LogP) is 1.66. The highest BCUT2D eigenvalue weighted by Gasteiger charge is 2.41. The molecular weight excluding hydrogens is 396 g/mol. The SMILES string of the molecule is C[C@@H]1COCCN1c1nc(-c2cnc(N)cc2C(F)F)nc(N2C[C@@H]3C[C@H]2CO3)n1. The number of ether oxygens (including phenoxy) is 2. The molecule has 0 aliphatic carbocycles. The van der Waals surface area contributed by atoms with E-state index in [0.717, 1.165) is 6.42 Å². The van der Waals surface area contributed by atoms with E-state index in [2.05, 4.69) is 19.9 Å². The second kappa shape index (κ2) is 7.55. The quantitative estimate of drug-likeness (QED) is 0.792. The molecule has 9 nitrogen and oxygen atoms in total. The molecule has 3 aliphatic heterocycles. The Morgan fingerprint density at radius 3 is 2.63 bits per heavy atom. The number of hydrogen-bond donors (Lipinski definition) is 1. The molecule has 0 unspecified atom stereocenters. The Morgan fingerprint density at radius 1 is 1.17 bits per heavy atom. The molecule has 2 N–H and O–H groups in total. The van der Waals surface area contributed by atoms with Crippen molar-refractivity contribution in [3.8, 4) is 11.4 Å².